The molecule has 21 heavy (non-hydrogen) atoms. The van der Waals surface area contributed by atoms with Crippen molar-refractivity contribution in [1.29, 1.82) is 0 Å². The highest BCUT2D eigenvalue weighted by atomic mass is 32.2. The van der Waals surface area contributed by atoms with Gasteiger partial charge in [-0.15, -0.1) is 0 Å². The van der Waals surface area contributed by atoms with E-state index in [9.17, 15) is 0 Å². The summed E-state index contributed by atoms with van der Waals surface area (Å²) < 4.78 is 0. The maximum Gasteiger partial charge on any atom is 0.0543 e. The predicted octanol–water partition coefficient (Wildman–Crippen LogP) is 2.78. The molecule has 1 aromatic heterocycles. The van der Waals surface area contributed by atoms with Crippen LogP contribution >= 0.6 is 11.8 Å². The normalized spacial score (nSPS) is 30.6. The number of thioether (sulfide) groups is 1. The minimum atomic E-state index is 0.700. The Bertz CT molecular complexity index is 419. The summed E-state index contributed by atoms with van der Waals surface area (Å²) in [7, 11) is 0. The zero-order valence-electron chi connectivity index (χ0n) is 13.0. The fourth-order valence-electron chi connectivity index (χ4n) is 3.49. The van der Waals surface area contributed by atoms with E-state index < -0.39 is 0 Å². The average Bonchev–Trinajstić information content (AvgIpc) is 3.01. The van der Waals surface area contributed by atoms with Gasteiger partial charge in [-0.1, -0.05) is 13.0 Å². The van der Waals surface area contributed by atoms with E-state index >= 15 is 0 Å². The molecule has 0 radical (unpaired) electrons. The third kappa shape index (κ3) is 4.44. The third-order valence-corrected chi connectivity index (χ3v) is 6.13. The molecule has 116 valence electrons. The SMILES string of the molecule is C[C@@H]1CN(Cc2ccccn2)CC[C@H]1NC[C@H]1CCCS1. The average molecular weight is 305 g/mol. The highest BCUT2D eigenvalue weighted by Crippen LogP contribution is 2.26. The van der Waals surface area contributed by atoms with E-state index in [0.29, 0.717) is 6.04 Å². The number of nitrogens with one attached hydrogen (secondary N) is 1. The van der Waals surface area contributed by atoms with Crippen LogP contribution in [0.5, 0.6) is 0 Å². The molecule has 0 amide bonds. The molecule has 3 atom stereocenters. The first-order valence-corrected chi connectivity index (χ1v) is 9.33. The van der Waals surface area contributed by atoms with Crippen molar-refractivity contribution in [2.75, 3.05) is 25.4 Å². The first-order valence-electron chi connectivity index (χ1n) is 8.28. The van der Waals surface area contributed by atoms with Crippen molar-refractivity contribution in [2.45, 2.75) is 44.0 Å². The molecule has 0 aromatic carbocycles. The van der Waals surface area contributed by atoms with Gasteiger partial charge < -0.3 is 5.32 Å². The minimum absolute atomic E-state index is 0.700. The van der Waals surface area contributed by atoms with Gasteiger partial charge in [0.1, 0.15) is 0 Å². The summed E-state index contributed by atoms with van der Waals surface area (Å²) in [6, 6.07) is 6.90. The van der Waals surface area contributed by atoms with E-state index in [2.05, 4.69) is 46.0 Å². The molecule has 0 saturated carbocycles. The molecular formula is C17H27N3S. The smallest absolute Gasteiger partial charge is 0.0543 e. The van der Waals surface area contributed by atoms with Crippen molar-refractivity contribution >= 4 is 11.8 Å². The van der Waals surface area contributed by atoms with E-state index in [-0.39, 0.29) is 0 Å². The van der Waals surface area contributed by atoms with Crippen LogP contribution in [0.15, 0.2) is 24.4 Å². The second kappa shape index (κ2) is 7.61. The van der Waals surface area contributed by atoms with Crippen molar-refractivity contribution in [2.24, 2.45) is 5.92 Å². The van der Waals surface area contributed by atoms with Gasteiger partial charge in [-0.25, -0.2) is 0 Å². The topological polar surface area (TPSA) is 28.2 Å². The highest BCUT2D eigenvalue weighted by Gasteiger charge is 2.27. The largest absolute Gasteiger partial charge is 0.313 e. The Balaban J connectivity index is 1.43. The lowest BCUT2D eigenvalue weighted by atomic mass is 9.93. The predicted molar refractivity (Wildman–Crippen MR) is 90.6 cm³/mol. The van der Waals surface area contributed by atoms with Gasteiger partial charge in [0.15, 0.2) is 0 Å². The van der Waals surface area contributed by atoms with E-state index in [0.717, 1.165) is 17.7 Å². The van der Waals surface area contributed by atoms with Crippen molar-refractivity contribution < 1.29 is 0 Å². The first-order chi connectivity index (χ1) is 10.3. The summed E-state index contributed by atoms with van der Waals surface area (Å²) in [5, 5.41) is 4.70. The number of pyridine rings is 1. The first kappa shape index (κ1) is 15.3. The zero-order chi connectivity index (χ0) is 14.5. The van der Waals surface area contributed by atoms with Gasteiger partial charge in [0, 0.05) is 43.7 Å². The molecule has 0 bridgehead atoms. The van der Waals surface area contributed by atoms with Gasteiger partial charge in [-0.3, -0.25) is 9.88 Å². The van der Waals surface area contributed by atoms with E-state index in [1.54, 1.807) is 0 Å². The number of hydrogen-bond acceptors (Lipinski definition) is 4. The molecule has 2 fully saturated rings. The molecule has 3 nitrogen and oxygen atoms in total. The van der Waals surface area contributed by atoms with E-state index in [4.69, 9.17) is 0 Å². The second-order valence-corrected chi connectivity index (χ2v) is 7.88. The van der Waals surface area contributed by atoms with Gasteiger partial charge in [-0.05, 0) is 43.1 Å². The van der Waals surface area contributed by atoms with Crippen LogP contribution in [0.25, 0.3) is 0 Å². The summed E-state index contributed by atoms with van der Waals surface area (Å²) in [5.74, 6) is 2.10. The fourth-order valence-corrected chi connectivity index (χ4v) is 4.70. The summed E-state index contributed by atoms with van der Waals surface area (Å²) in [6.45, 7) is 6.97. The Morgan fingerprint density at radius 2 is 2.33 bits per heavy atom. The maximum absolute atomic E-state index is 4.45. The van der Waals surface area contributed by atoms with Crippen molar-refractivity contribution in [3.8, 4) is 0 Å². The van der Waals surface area contributed by atoms with Crippen LogP contribution in [0.2, 0.25) is 0 Å². The molecule has 0 aliphatic carbocycles. The Morgan fingerprint density at radius 3 is 3.05 bits per heavy atom. The van der Waals surface area contributed by atoms with Crippen LogP contribution in [0.1, 0.15) is 31.9 Å². The molecule has 3 heterocycles. The standard InChI is InChI=1S/C17H27N3S/c1-14-12-20(13-15-5-2-3-8-18-15)9-7-17(14)19-11-16-6-4-10-21-16/h2-3,5,8,14,16-17,19H,4,6-7,9-13H2,1H3/t14-,16-,17-/m1/s1. The number of likely N-dealkylation sites (tertiary alicyclic amines) is 1. The minimum Gasteiger partial charge on any atom is -0.313 e. The number of hydrogen-bond donors (Lipinski definition) is 1. The molecule has 4 heteroatoms. The molecule has 1 N–H and O–H groups in total. The highest BCUT2D eigenvalue weighted by molar-refractivity contribution is 8.00. The maximum atomic E-state index is 4.45. The Morgan fingerprint density at radius 1 is 1.38 bits per heavy atom. The molecule has 1 aromatic rings. The van der Waals surface area contributed by atoms with Gasteiger partial charge in [0.2, 0.25) is 0 Å². The van der Waals surface area contributed by atoms with Crippen LogP contribution in [0.3, 0.4) is 0 Å². The van der Waals surface area contributed by atoms with Gasteiger partial charge in [0.05, 0.1) is 5.69 Å². The zero-order valence-corrected chi connectivity index (χ0v) is 13.8. The van der Waals surface area contributed by atoms with Gasteiger partial charge in [0.25, 0.3) is 0 Å². The fraction of sp³-hybridized carbons (Fsp3) is 0.706. The lowest BCUT2D eigenvalue weighted by Gasteiger charge is -2.37. The van der Waals surface area contributed by atoms with Crippen LogP contribution in [0.4, 0.5) is 0 Å². The number of piperidine rings is 1. The lowest BCUT2D eigenvalue weighted by molar-refractivity contribution is 0.140. The van der Waals surface area contributed by atoms with E-state index in [1.807, 2.05) is 12.3 Å². The Labute approximate surface area is 132 Å². The Kier molecular flexibility index (Phi) is 5.55. The molecule has 3 rings (SSSR count). The monoisotopic (exact) mass is 305 g/mol. The van der Waals surface area contributed by atoms with Crippen molar-refractivity contribution in [3.05, 3.63) is 30.1 Å². The Hall–Kier alpha value is -0.580. The molecular weight excluding hydrogens is 278 g/mol. The quantitative estimate of drug-likeness (QED) is 0.905. The third-order valence-electron chi connectivity index (χ3n) is 4.73. The number of aromatic nitrogens is 1. The molecule has 0 spiro atoms. The summed E-state index contributed by atoms with van der Waals surface area (Å²) in [5.41, 5.74) is 1.19. The summed E-state index contributed by atoms with van der Waals surface area (Å²) in [4.78, 5) is 7.00. The lowest BCUT2D eigenvalue weighted by Crippen LogP contribution is -2.49. The molecule has 2 aliphatic rings. The molecule has 2 saturated heterocycles. The van der Waals surface area contributed by atoms with Gasteiger partial charge in [-0.2, -0.15) is 11.8 Å². The van der Waals surface area contributed by atoms with Crippen LogP contribution in [-0.2, 0) is 6.54 Å². The summed E-state index contributed by atoms with van der Waals surface area (Å²) in [6.07, 6.45) is 5.98. The van der Waals surface area contributed by atoms with E-state index in [1.165, 1.54) is 50.3 Å². The van der Waals surface area contributed by atoms with Crippen molar-refractivity contribution in [3.63, 3.8) is 0 Å². The molecule has 0 unspecified atom stereocenters. The summed E-state index contributed by atoms with van der Waals surface area (Å²) >= 11 is 2.15. The van der Waals surface area contributed by atoms with Crippen molar-refractivity contribution in [1.82, 2.24) is 15.2 Å². The number of rotatable bonds is 5. The van der Waals surface area contributed by atoms with Crippen LogP contribution in [-0.4, -0.2) is 46.6 Å². The van der Waals surface area contributed by atoms with Gasteiger partial charge >= 0.3 is 0 Å². The van der Waals surface area contributed by atoms with Crippen LogP contribution < -0.4 is 5.32 Å². The van der Waals surface area contributed by atoms with Crippen LogP contribution in [0, 0.1) is 5.92 Å². The molecule has 2 aliphatic heterocycles. The second-order valence-electron chi connectivity index (χ2n) is 6.47. The number of nitrogens with zero attached hydrogens (tertiary/aromatic N) is 2.